The Balaban J connectivity index is 3.14. The molecule has 192 valence electrons. The average Bonchev–Trinajstić information content (AvgIpc) is 2.84. The molecule has 4 nitrogen and oxygen atoms in total. The maximum atomic E-state index is 14.0. The summed E-state index contributed by atoms with van der Waals surface area (Å²) < 4.78 is 27.6. The van der Waals surface area contributed by atoms with Crippen molar-refractivity contribution in [3.8, 4) is 0 Å². The Labute approximate surface area is 219 Å². The lowest BCUT2D eigenvalue weighted by atomic mass is 10.0. The smallest absolute Gasteiger partial charge is 0.142 e. The molecule has 0 heterocycles. The SMILES string of the molecule is C=C/C=C(\C=C/N(C)C(CC)c1ccc(Cl)c(F)c1)C(/C=C\N=C)=NCN/C(C)=C/C=C(/F)C(=C)C. The van der Waals surface area contributed by atoms with Crippen LogP contribution >= 0.6 is 11.6 Å². The van der Waals surface area contributed by atoms with E-state index < -0.39 is 5.82 Å². The Bertz CT molecular complexity index is 1110. The van der Waals surface area contributed by atoms with Gasteiger partial charge < -0.3 is 10.2 Å². The number of rotatable bonds is 14. The number of benzene rings is 1. The van der Waals surface area contributed by atoms with Gasteiger partial charge in [0, 0.05) is 24.5 Å². The highest BCUT2D eigenvalue weighted by molar-refractivity contribution is 6.30. The lowest BCUT2D eigenvalue weighted by molar-refractivity contribution is 0.327. The molecule has 0 saturated heterocycles. The molecule has 0 radical (unpaired) electrons. The van der Waals surface area contributed by atoms with E-state index in [2.05, 4.69) is 35.2 Å². The van der Waals surface area contributed by atoms with Crippen molar-refractivity contribution >= 4 is 24.0 Å². The van der Waals surface area contributed by atoms with Crippen molar-refractivity contribution in [2.24, 2.45) is 9.98 Å². The van der Waals surface area contributed by atoms with Gasteiger partial charge in [0.05, 0.1) is 16.8 Å². The summed E-state index contributed by atoms with van der Waals surface area (Å²) in [6, 6.07) is 4.81. The fraction of sp³-hybridized carbons (Fsp3) is 0.241. The minimum atomic E-state index is -0.441. The standard InChI is InChI=1S/C29H35ClF2N4/c1-8-10-23(16-18-36(7)29(9-2)24-12-13-25(30)27(32)19-24)28(15-17-33-6)35-20-34-22(5)11-14-26(31)21(3)4/h8,10-19,29,34H,1,3,6,9,20H2,2,4-5,7H3/b17-15-,18-16-,22-11+,23-10+,26-14+,35-28?. The number of aliphatic imine (C=N–C) groups is 2. The molecule has 0 bridgehead atoms. The average molecular weight is 513 g/mol. The van der Waals surface area contributed by atoms with Crippen molar-refractivity contribution in [2.75, 3.05) is 13.7 Å². The van der Waals surface area contributed by atoms with Crippen molar-refractivity contribution in [1.82, 2.24) is 10.2 Å². The first kappa shape index (κ1) is 30.5. The third kappa shape index (κ3) is 10.4. The van der Waals surface area contributed by atoms with Crippen LogP contribution in [0.5, 0.6) is 0 Å². The van der Waals surface area contributed by atoms with Crippen LogP contribution in [0.1, 0.15) is 38.8 Å². The van der Waals surface area contributed by atoms with Gasteiger partial charge in [-0.2, -0.15) is 0 Å². The summed E-state index contributed by atoms with van der Waals surface area (Å²) in [7, 11) is 1.92. The fourth-order valence-electron chi connectivity index (χ4n) is 3.15. The molecule has 0 fully saturated rings. The number of allylic oxidation sites excluding steroid dienone is 10. The van der Waals surface area contributed by atoms with E-state index in [1.807, 2.05) is 50.2 Å². The van der Waals surface area contributed by atoms with E-state index in [0.717, 1.165) is 23.3 Å². The van der Waals surface area contributed by atoms with Crippen LogP contribution in [0, 0.1) is 5.82 Å². The van der Waals surface area contributed by atoms with E-state index in [1.54, 1.807) is 37.4 Å². The van der Waals surface area contributed by atoms with Gasteiger partial charge in [-0.3, -0.25) is 9.98 Å². The van der Waals surface area contributed by atoms with Crippen molar-refractivity contribution in [2.45, 2.75) is 33.2 Å². The number of nitrogens with one attached hydrogen (secondary N) is 1. The maximum absolute atomic E-state index is 14.0. The van der Waals surface area contributed by atoms with Gasteiger partial charge in [-0.15, -0.1) is 0 Å². The van der Waals surface area contributed by atoms with E-state index >= 15 is 0 Å². The second-order valence-electron chi connectivity index (χ2n) is 7.96. The Morgan fingerprint density at radius 2 is 1.94 bits per heavy atom. The van der Waals surface area contributed by atoms with Crippen LogP contribution in [0.2, 0.25) is 5.02 Å². The first-order valence-electron chi connectivity index (χ1n) is 11.4. The summed E-state index contributed by atoms with van der Waals surface area (Å²) in [6.45, 7) is 16.6. The third-order valence-corrected chi connectivity index (χ3v) is 5.43. The lowest BCUT2D eigenvalue weighted by Gasteiger charge is -2.26. The van der Waals surface area contributed by atoms with E-state index in [0.29, 0.717) is 11.3 Å². The van der Waals surface area contributed by atoms with E-state index in [-0.39, 0.29) is 23.6 Å². The Morgan fingerprint density at radius 1 is 1.22 bits per heavy atom. The lowest BCUT2D eigenvalue weighted by Crippen LogP contribution is -2.19. The zero-order valence-electron chi connectivity index (χ0n) is 21.4. The molecule has 0 aromatic heterocycles. The predicted molar refractivity (Wildman–Crippen MR) is 152 cm³/mol. The quantitative estimate of drug-likeness (QED) is 0.202. The molecular formula is C29H35ClF2N4. The largest absolute Gasteiger partial charge is 0.373 e. The van der Waals surface area contributed by atoms with Crippen LogP contribution in [-0.2, 0) is 0 Å². The summed E-state index contributed by atoms with van der Waals surface area (Å²) in [5.74, 6) is -0.819. The minimum absolute atomic E-state index is 0.0501. The predicted octanol–water partition coefficient (Wildman–Crippen LogP) is 8.02. The number of halogens is 3. The van der Waals surface area contributed by atoms with Crippen molar-refractivity contribution in [3.05, 3.63) is 119 Å². The van der Waals surface area contributed by atoms with E-state index in [1.165, 1.54) is 12.1 Å². The van der Waals surface area contributed by atoms with Gasteiger partial charge in [0.2, 0.25) is 0 Å². The summed E-state index contributed by atoms with van der Waals surface area (Å²) in [5, 5.41) is 3.22. The fourth-order valence-corrected chi connectivity index (χ4v) is 3.26. The molecule has 1 atom stereocenters. The number of nitrogens with zero attached hydrogens (tertiary/aromatic N) is 3. The van der Waals surface area contributed by atoms with Gasteiger partial charge in [-0.1, -0.05) is 49.9 Å². The van der Waals surface area contributed by atoms with Gasteiger partial charge in [0.1, 0.15) is 18.3 Å². The highest BCUT2D eigenvalue weighted by Crippen LogP contribution is 2.26. The van der Waals surface area contributed by atoms with Gasteiger partial charge in [-0.25, -0.2) is 8.78 Å². The normalized spacial score (nSPS) is 14.3. The van der Waals surface area contributed by atoms with Crippen LogP contribution in [-0.4, -0.2) is 31.0 Å². The molecule has 0 aliphatic rings. The molecule has 0 amide bonds. The van der Waals surface area contributed by atoms with Crippen LogP contribution in [0.25, 0.3) is 0 Å². The molecule has 1 aromatic rings. The zero-order chi connectivity index (χ0) is 27.1. The minimum Gasteiger partial charge on any atom is -0.373 e. The maximum Gasteiger partial charge on any atom is 0.142 e. The van der Waals surface area contributed by atoms with Gasteiger partial charge >= 0.3 is 0 Å². The summed E-state index contributed by atoms with van der Waals surface area (Å²) >= 11 is 5.84. The monoisotopic (exact) mass is 512 g/mol. The van der Waals surface area contributed by atoms with Crippen molar-refractivity contribution in [3.63, 3.8) is 0 Å². The second-order valence-corrected chi connectivity index (χ2v) is 8.36. The van der Waals surface area contributed by atoms with E-state index in [4.69, 9.17) is 11.6 Å². The molecule has 0 spiro atoms. The molecular weight excluding hydrogens is 478 g/mol. The first-order valence-corrected chi connectivity index (χ1v) is 11.8. The van der Waals surface area contributed by atoms with Crippen molar-refractivity contribution in [1.29, 1.82) is 0 Å². The number of hydrogen-bond acceptors (Lipinski definition) is 4. The molecule has 0 aliphatic heterocycles. The molecule has 1 unspecified atom stereocenters. The highest BCUT2D eigenvalue weighted by atomic mass is 35.5. The molecule has 1 N–H and O–H groups in total. The van der Waals surface area contributed by atoms with Crippen molar-refractivity contribution < 1.29 is 8.78 Å². The first-order chi connectivity index (χ1) is 17.1. The molecule has 0 aliphatic carbocycles. The van der Waals surface area contributed by atoms with Gasteiger partial charge in [0.25, 0.3) is 0 Å². The van der Waals surface area contributed by atoms with Gasteiger partial charge in [-0.05, 0) is 80.8 Å². The van der Waals surface area contributed by atoms with Crippen LogP contribution in [0.4, 0.5) is 8.78 Å². The summed E-state index contributed by atoms with van der Waals surface area (Å²) in [6.07, 6.45) is 14.3. The molecule has 1 rings (SSSR count). The molecule has 7 heteroatoms. The topological polar surface area (TPSA) is 40.0 Å². The van der Waals surface area contributed by atoms with Crippen LogP contribution < -0.4 is 5.32 Å². The zero-order valence-corrected chi connectivity index (χ0v) is 22.2. The van der Waals surface area contributed by atoms with Gasteiger partial charge in [0.15, 0.2) is 0 Å². The molecule has 1 aromatic carbocycles. The number of hydrogen-bond donors (Lipinski definition) is 1. The Kier molecular flexibility index (Phi) is 13.7. The summed E-state index contributed by atoms with van der Waals surface area (Å²) in [4.78, 5) is 10.4. The second kappa shape index (κ2) is 16.2. The third-order valence-electron chi connectivity index (χ3n) is 5.12. The Hall–Kier alpha value is -3.51. The highest BCUT2D eigenvalue weighted by Gasteiger charge is 2.14. The molecule has 0 saturated carbocycles. The van der Waals surface area contributed by atoms with Crippen LogP contribution in [0.15, 0.2) is 113 Å². The summed E-state index contributed by atoms with van der Waals surface area (Å²) in [5.41, 5.74) is 3.36. The molecule has 36 heavy (non-hydrogen) atoms. The van der Waals surface area contributed by atoms with Crippen LogP contribution in [0.3, 0.4) is 0 Å². The van der Waals surface area contributed by atoms with E-state index in [9.17, 15) is 8.78 Å². The Morgan fingerprint density at radius 3 is 2.53 bits per heavy atom.